The second-order valence-electron chi connectivity index (χ2n) is 8.99. The van der Waals surface area contributed by atoms with E-state index in [9.17, 15) is 9.90 Å². The molecule has 2 fully saturated rings. The number of nitrogens with one attached hydrogen (secondary N) is 2. The topological polar surface area (TPSA) is 119 Å². The largest absolute Gasteiger partial charge is 0.391 e. The summed E-state index contributed by atoms with van der Waals surface area (Å²) in [6, 6.07) is 5.90. The van der Waals surface area contributed by atoms with Crippen molar-refractivity contribution in [3.8, 4) is 11.3 Å². The summed E-state index contributed by atoms with van der Waals surface area (Å²) in [5, 5.41) is 21.3. The molecule has 4 aromatic heterocycles. The van der Waals surface area contributed by atoms with E-state index in [0.717, 1.165) is 48.2 Å². The number of hydrogen-bond acceptors (Lipinski definition) is 7. The second-order valence-corrected chi connectivity index (χ2v) is 8.99. The minimum Gasteiger partial charge on any atom is -0.391 e. The second kappa shape index (κ2) is 8.37. The van der Waals surface area contributed by atoms with Gasteiger partial charge in [-0.15, -0.1) is 0 Å². The Hall–Kier alpha value is -3.50. The van der Waals surface area contributed by atoms with E-state index < -0.39 is 6.10 Å². The number of pyridine rings is 1. The van der Waals surface area contributed by atoms with Crippen molar-refractivity contribution in [3.63, 3.8) is 0 Å². The number of ether oxygens (including phenoxy) is 1. The van der Waals surface area contributed by atoms with E-state index in [1.54, 1.807) is 10.7 Å². The summed E-state index contributed by atoms with van der Waals surface area (Å²) < 4.78 is 9.55. The van der Waals surface area contributed by atoms with Crippen LogP contribution in [0.2, 0.25) is 0 Å². The Morgan fingerprint density at radius 2 is 2.18 bits per heavy atom. The lowest BCUT2D eigenvalue weighted by Crippen LogP contribution is -2.50. The highest BCUT2D eigenvalue weighted by molar-refractivity contribution is 6.01. The summed E-state index contributed by atoms with van der Waals surface area (Å²) >= 11 is 0. The monoisotopic (exact) mass is 461 g/mol. The molecule has 1 amide bonds. The Balaban J connectivity index is 1.46. The predicted molar refractivity (Wildman–Crippen MR) is 127 cm³/mol. The summed E-state index contributed by atoms with van der Waals surface area (Å²) in [6.07, 6.45) is 8.45. The van der Waals surface area contributed by atoms with Crippen LogP contribution in [0.3, 0.4) is 0 Å². The van der Waals surface area contributed by atoms with E-state index >= 15 is 0 Å². The lowest BCUT2D eigenvalue weighted by Gasteiger charge is -2.32. The number of nitrogens with zero attached hydrogens (tertiary/aromatic N) is 5. The van der Waals surface area contributed by atoms with Gasteiger partial charge in [0.2, 0.25) is 0 Å². The number of fused-ring (bicyclic) bond motifs is 2. The van der Waals surface area contributed by atoms with Crippen molar-refractivity contribution in [2.75, 3.05) is 25.6 Å². The lowest BCUT2D eigenvalue weighted by molar-refractivity contribution is 0.0448. The van der Waals surface area contributed by atoms with Crippen LogP contribution >= 0.6 is 0 Å². The molecular weight excluding hydrogens is 434 g/mol. The number of aliphatic hydroxyl groups excluding tert-OH is 1. The van der Waals surface area contributed by atoms with Gasteiger partial charge >= 0.3 is 0 Å². The standard InChI is InChI=1S/C24H27N7O3/c1-25-21-10-19(28-23-16(11-27-31(21)23)24(33)29-18-6-7-20(18)32)17-12-30(14-4-3-9-34-13-14)22-15(17)5-2-8-26-22/h2,5,8,10-12,14,18,20,25,32H,3-4,6-7,9,13H2,1H3,(H,29,33)/t14-,18?,20-/m1/s1. The number of carbonyl (C=O) groups is 1. The third-order valence-corrected chi connectivity index (χ3v) is 6.92. The van der Waals surface area contributed by atoms with E-state index in [1.165, 1.54) is 6.20 Å². The first-order chi connectivity index (χ1) is 16.6. The highest BCUT2D eigenvalue weighted by atomic mass is 16.5. The average Bonchev–Trinajstić information content (AvgIpc) is 3.48. The zero-order valence-electron chi connectivity index (χ0n) is 18.9. The van der Waals surface area contributed by atoms with Crippen LogP contribution in [0.1, 0.15) is 42.1 Å². The van der Waals surface area contributed by atoms with Crippen molar-refractivity contribution in [3.05, 3.63) is 42.4 Å². The van der Waals surface area contributed by atoms with Crippen molar-refractivity contribution >= 4 is 28.4 Å². The number of carbonyl (C=O) groups excluding carboxylic acids is 1. The number of anilines is 1. The Labute approximate surface area is 196 Å². The number of hydrogen-bond donors (Lipinski definition) is 3. The van der Waals surface area contributed by atoms with E-state index in [1.807, 2.05) is 25.2 Å². The fourth-order valence-corrected chi connectivity index (χ4v) is 4.84. The first-order valence-corrected chi connectivity index (χ1v) is 11.7. The van der Waals surface area contributed by atoms with E-state index in [-0.39, 0.29) is 18.0 Å². The molecule has 0 radical (unpaired) electrons. The number of amides is 1. The molecule has 3 N–H and O–H groups in total. The van der Waals surface area contributed by atoms with Crippen LogP contribution < -0.4 is 10.6 Å². The average molecular weight is 462 g/mol. The summed E-state index contributed by atoms with van der Waals surface area (Å²) in [5.41, 5.74) is 3.39. The highest BCUT2D eigenvalue weighted by Crippen LogP contribution is 2.34. The Morgan fingerprint density at radius 1 is 1.26 bits per heavy atom. The van der Waals surface area contributed by atoms with Crippen molar-refractivity contribution in [2.45, 2.75) is 43.9 Å². The fraction of sp³-hybridized carbons (Fsp3) is 0.417. The summed E-state index contributed by atoms with van der Waals surface area (Å²) in [5.74, 6) is 0.433. The van der Waals surface area contributed by atoms with Gasteiger partial charge in [0.25, 0.3) is 5.91 Å². The molecular formula is C24H27N7O3. The summed E-state index contributed by atoms with van der Waals surface area (Å²) in [7, 11) is 1.81. The Bertz CT molecular complexity index is 1370. The van der Waals surface area contributed by atoms with Crippen molar-refractivity contribution in [1.29, 1.82) is 0 Å². The molecule has 0 bridgehead atoms. The van der Waals surface area contributed by atoms with Gasteiger partial charge in [0.1, 0.15) is 17.0 Å². The molecule has 2 aliphatic rings. The molecule has 1 aliphatic carbocycles. The molecule has 1 unspecified atom stereocenters. The van der Waals surface area contributed by atoms with Crippen molar-refractivity contribution < 1.29 is 14.6 Å². The smallest absolute Gasteiger partial charge is 0.257 e. The fourth-order valence-electron chi connectivity index (χ4n) is 4.84. The molecule has 1 saturated carbocycles. The van der Waals surface area contributed by atoms with Crippen LogP contribution in [-0.2, 0) is 4.74 Å². The zero-order chi connectivity index (χ0) is 23.2. The quantitative estimate of drug-likeness (QED) is 0.418. The van der Waals surface area contributed by atoms with Crippen molar-refractivity contribution in [2.24, 2.45) is 0 Å². The van der Waals surface area contributed by atoms with Gasteiger partial charge in [-0.1, -0.05) is 0 Å². The molecule has 1 saturated heterocycles. The third-order valence-electron chi connectivity index (χ3n) is 6.92. The highest BCUT2D eigenvalue weighted by Gasteiger charge is 2.31. The maximum absolute atomic E-state index is 13.0. The molecule has 0 spiro atoms. The van der Waals surface area contributed by atoms with Gasteiger partial charge in [-0.2, -0.15) is 9.61 Å². The van der Waals surface area contributed by atoms with Gasteiger partial charge < -0.3 is 25.0 Å². The molecule has 0 aromatic carbocycles. The van der Waals surface area contributed by atoms with Crippen molar-refractivity contribution in [1.82, 2.24) is 29.5 Å². The van der Waals surface area contributed by atoms with Crippen LogP contribution in [0.4, 0.5) is 5.82 Å². The summed E-state index contributed by atoms with van der Waals surface area (Å²) in [4.78, 5) is 22.5. The Morgan fingerprint density at radius 3 is 2.91 bits per heavy atom. The van der Waals surface area contributed by atoms with Gasteiger partial charge in [-0.3, -0.25) is 4.79 Å². The molecule has 10 nitrogen and oxygen atoms in total. The van der Waals surface area contributed by atoms with E-state index in [0.29, 0.717) is 30.1 Å². The van der Waals surface area contributed by atoms with Gasteiger partial charge in [-0.25, -0.2) is 9.97 Å². The SMILES string of the molecule is CNc1cc(-c2cn([C@@H]3CCCOC3)c3ncccc23)nc2c(C(=O)NC3CC[C@H]3O)cnn12. The Kier molecular flexibility index (Phi) is 5.19. The van der Waals surface area contributed by atoms with Gasteiger partial charge in [0.15, 0.2) is 5.65 Å². The minimum absolute atomic E-state index is 0.220. The molecule has 3 atom stereocenters. The predicted octanol–water partition coefficient (Wildman–Crippen LogP) is 2.39. The first kappa shape index (κ1) is 21.1. The minimum atomic E-state index is -0.496. The number of rotatable bonds is 5. The maximum Gasteiger partial charge on any atom is 0.257 e. The molecule has 10 heteroatoms. The molecule has 176 valence electrons. The van der Waals surface area contributed by atoms with Gasteiger partial charge in [0.05, 0.1) is 36.7 Å². The van der Waals surface area contributed by atoms with Crippen LogP contribution in [0.25, 0.3) is 27.9 Å². The van der Waals surface area contributed by atoms with Gasteiger partial charge in [0, 0.05) is 43.1 Å². The van der Waals surface area contributed by atoms with Crippen LogP contribution in [0, 0.1) is 0 Å². The molecule has 1 aliphatic heterocycles. The normalized spacial score (nSPS) is 22.6. The van der Waals surface area contributed by atoms with E-state index in [4.69, 9.17) is 9.72 Å². The number of aliphatic hydroxyl groups is 1. The molecule has 5 heterocycles. The number of aromatic nitrogens is 5. The zero-order valence-corrected chi connectivity index (χ0v) is 18.9. The molecule has 6 rings (SSSR count). The van der Waals surface area contributed by atoms with Crippen LogP contribution in [0.15, 0.2) is 36.8 Å². The van der Waals surface area contributed by atoms with Crippen LogP contribution in [-0.4, -0.2) is 67.6 Å². The third kappa shape index (κ3) is 3.41. The molecule has 34 heavy (non-hydrogen) atoms. The van der Waals surface area contributed by atoms with Gasteiger partial charge in [-0.05, 0) is 37.8 Å². The maximum atomic E-state index is 13.0. The molecule has 4 aromatic rings. The first-order valence-electron chi connectivity index (χ1n) is 11.7. The lowest BCUT2D eigenvalue weighted by atomic mass is 9.89. The summed E-state index contributed by atoms with van der Waals surface area (Å²) in [6.45, 7) is 1.46. The van der Waals surface area contributed by atoms with Crippen LogP contribution in [0.5, 0.6) is 0 Å². The van der Waals surface area contributed by atoms with E-state index in [2.05, 4.69) is 31.5 Å².